The second-order valence-corrected chi connectivity index (χ2v) is 3.05. The Hall–Kier alpha value is -0.0800. The van der Waals surface area contributed by atoms with Crippen molar-refractivity contribution in [3.63, 3.8) is 0 Å². The summed E-state index contributed by atoms with van der Waals surface area (Å²) in [5, 5.41) is 0. The van der Waals surface area contributed by atoms with E-state index in [2.05, 4.69) is 0 Å². The van der Waals surface area contributed by atoms with Crippen molar-refractivity contribution < 1.29 is 4.74 Å². The fraction of sp³-hybridized carbons (Fsp3) is 1.00. The number of nitrogens with two attached hydrogens (primary N) is 1. The van der Waals surface area contributed by atoms with Gasteiger partial charge in [-0.2, -0.15) is 0 Å². The van der Waals surface area contributed by atoms with E-state index in [1.54, 1.807) is 7.11 Å². The van der Waals surface area contributed by atoms with Crippen LogP contribution in [-0.4, -0.2) is 19.8 Å². The topological polar surface area (TPSA) is 35.2 Å². The predicted molar refractivity (Wildman–Crippen MR) is 41.8 cm³/mol. The van der Waals surface area contributed by atoms with Gasteiger partial charge in [0.15, 0.2) is 0 Å². The molecule has 0 aromatic heterocycles. The predicted octanol–water partition coefficient (Wildman–Crippen LogP) is 1.15. The van der Waals surface area contributed by atoms with Crippen molar-refractivity contribution in [1.29, 1.82) is 0 Å². The smallest absolute Gasteiger partial charge is 0.0721 e. The van der Waals surface area contributed by atoms with Gasteiger partial charge in [0, 0.05) is 13.7 Å². The number of methoxy groups -OCH3 is 1. The summed E-state index contributed by atoms with van der Waals surface area (Å²) in [6.45, 7) is 0.682. The zero-order chi connectivity index (χ0) is 7.40. The third-order valence-corrected chi connectivity index (χ3v) is 2.46. The highest BCUT2D eigenvalue weighted by Gasteiger charge is 2.23. The lowest BCUT2D eigenvalue weighted by Crippen LogP contribution is -2.29. The fourth-order valence-electron chi connectivity index (χ4n) is 1.81. The van der Waals surface area contributed by atoms with Crippen molar-refractivity contribution >= 4 is 0 Å². The summed E-state index contributed by atoms with van der Waals surface area (Å²) in [6.07, 6.45) is 5.68. The van der Waals surface area contributed by atoms with Gasteiger partial charge in [-0.05, 0) is 18.8 Å². The largest absolute Gasteiger partial charge is 0.380 e. The highest BCUT2D eigenvalue weighted by Crippen LogP contribution is 2.28. The SMILES string of the molecule is CO[C@H](CN)C1CCCC1. The van der Waals surface area contributed by atoms with E-state index in [9.17, 15) is 0 Å². The van der Waals surface area contributed by atoms with E-state index in [4.69, 9.17) is 10.5 Å². The zero-order valence-corrected chi connectivity index (χ0v) is 6.68. The first-order valence-electron chi connectivity index (χ1n) is 4.11. The molecule has 0 aromatic rings. The van der Waals surface area contributed by atoms with Crippen molar-refractivity contribution in [3.05, 3.63) is 0 Å². The Kier molecular flexibility index (Phi) is 3.16. The molecule has 2 nitrogen and oxygen atoms in total. The molecule has 0 bridgehead atoms. The molecule has 0 saturated heterocycles. The van der Waals surface area contributed by atoms with E-state index < -0.39 is 0 Å². The lowest BCUT2D eigenvalue weighted by molar-refractivity contribution is 0.0613. The molecule has 1 saturated carbocycles. The summed E-state index contributed by atoms with van der Waals surface area (Å²) in [7, 11) is 1.76. The Balaban J connectivity index is 2.29. The number of hydrogen-bond acceptors (Lipinski definition) is 2. The molecule has 1 aliphatic rings. The van der Waals surface area contributed by atoms with Crippen LogP contribution in [0.4, 0.5) is 0 Å². The maximum atomic E-state index is 5.54. The molecule has 0 spiro atoms. The molecule has 1 rings (SSSR count). The molecule has 2 heteroatoms. The molecular formula is C8H17NO. The lowest BCUT2D eigenvalue weighted by atomic mass is 10.0. The lowest BCUT2D eigenvalue weighted by Gasteiger charge is -2.19. The van der Waals surface area contributed by atoms with E-state index in [0.717, 1.165) is 5.92 Å². The van der Waals surface area contributed by atoms with Crippen LogP contribution in [0.2, 0.25) is 0 Å². The van der Waals surface area contributed by atoms with Gasteiger partial charge in [0.2, 0.25) is 0 Å². The molecule has 0 unspecified atom stereocenters. The van der Waals surface area contributed by atoms with Crippen molar-refractivity contribution in [2.75, 3.05) is 13.7 Å². The third-order valence-electron chi connectivity index (χ3n) is 2.46. The first kappa shape index (κ1) is 8.02. The molecule has 0 aliphatic heterocycles. The quantitative estimate of drug-likeness (QED) is 0.643. The van der Waals surface area contributed by atoms with Gasteiger partial charge in [-0.15, -0.1) is 0 Å². The van der Waals surface area contributed by atoms with Gasteiger partial charge in [-0.3, -0.25) is 0 Å². The molecule has 1 aliphatic carbocycles. The first-order valence-corrected chi connectivity index (χ1v) is 4.11. The number of rotatable bonds is 3. The Bertz CT molecular complexity index is 85.3. The normalized spacial score (nSPS) is 23.4. The standard InChI is InChI=1S/C8H17NO/c1-10-8(6-9)7-4-2-3-5-7/h7-8H,2-6,9H2,1H3/t8-/m1/s1. The minimum Gasteiger partial charge on any atom is -0.380 e. The van der Waals surface area contributed by atoms with Crippen LogP contribution >= 0.6 is 0 Å². The van der Waals surface area contributed by atoms with Crippen molar-refractivity contribution in [2.45, 2.75) is 31.8 Å². The fourth-order valence-corrected chi connectivity index (χ4v) is 1.81. The minimum atomic E-state index is 0.322. The molecule has 10 heavy (non-hydrogen) atoms. The van der Waals surface area contributed by atoms with Crippen molar-refractivity contribution in [2.24, 2.45) is 11.7 Å². The van der Waals surface area contributed by atoms with Crippen LogP contribution in [0, 0.1) is 5.92 Å². The Morgan fingerprint density at radius 1 is 1.50 bits per heavy atom. The molecule has 0 amide bonds. The molecule has 2 N–H and O–H groups in total. The molecular weight excluding hydrogens is 126 g/mol. The summed E-state index contributed by atoms with van der Waals surface area (Å²) in [5.74, 6) is 0.745. The Labute approximate surface area is 62.7 Å². The Morgan fingerprint density at radius 3 is 2.50 bits per heavy atom. The maximum Gasteiger partial charge on any atom is 0.0721 e. The van der Waals surface area contributed by atoms with E-state index in [1.807, 2.05) is 0 Å². The van der Waals surface area contributed by atoms with Crippen LogP contribution in [-0.2, 0) is 4.74 Å². The van der Waals surface area contributed by atoms with Gasteiger partial charge in [0.25, 0.3) is 0 Å². The van der Waals surface area contributed by atoms with E-state index >= 15 is 0 Å². The number of ether oxygens (including phenoxy) is 1. The summed E-state index contributed by atoms with van der Waals surface area (Å²) < 4.78 is 5.26. The van der Waals surface area contributed by atoms with Gasteiger partial charge in [0.1, 0.15) is 0 Å². The summed E-state index contributed by atoms with van der Waals surface area (Å²) >= 11 is 0. The van der Waals surface area contributed by atoms with Gasteiger partial charge >= 0.3 is 0 Å². The second kappa shape index (κ2) is 3.94. The van der Waals surface area contributed by atoms with Crippen LogP contribution in [0.25, 0.3) is 0 Å². The van der Waals surface area contributed by atoms with Gasteiger partial charge < -0.3 is 10.5 Å². The highest BCUT2D eigenvalue weighted by atomic mass is 16.5. The maximum absolute atomic E-state index is 5.54. The molecule has 0 radical (unpaired) electrons. The molecule has 1 fully saturated rings. The monoisotopic (exact) mass is 143 g/mol. The zero-order valence-electron chi connectivity index (χ0n) is 6.68. The van der Waals surface area contributed by atoms with Crippen LogP contribution in [0.3, 0.4) is 0 Å². The minimum absolute atomic E-state index is 0.322. The number of hydrogen-bond donors (Lipinski definition) is 1. The Morgan fingerprint density at radius 2 is 2.10 bits per heavy atom. The molecule has 60 valence electrons. The molecule has 0 heterocycles. The molecule has 1 atom stereocenters. The van der Waals surface area contributed by atoms with Crippen molar-refractivity contribution in [3.8, 4) is 0 Å². The van der Waals surface area contributed by atoms with Crippen molar-refractivity contribution in [1.82, 2.24) is 0 Å². The van der Waals surface area contributed by atoms with E-state index in [0.29, 0.717) is 12.6 Å². The van der Waals surface area contributed by atoms with E-state index in [1.165, 1.54) is 25.7 Å². The summed E-state index contributed by atoms with van der Waals surface area (Å²) in [4.78, 5) is 0. The summed E-state index contributed by atoms with van der Waals surface area (Å²) in [5.41, 5.74) is 5.54. The highest BCUT2D eigenvalue weighted by molar-refractivity contribution is 4.75. The van der Waals surface area contributed by atoms with Crippen LogP contribution in [0.15, 0.2) is 0 Å². The average Bonchev–Trinajstić information content (AvgIpc) is 2.43. The first-order chi connectivity index (χ1) is 4.88. The summed E-state index contributed by atoms with van der Waals surface area (Å²) in [6, 6.07) is 0. The van der Waals surface area contributed by atoms with E-state index in [-0.39, 0.29) is 0 Å². The van der Waals surface area contributed by atoms with Crippen LogP contribution in [0.5, 0.6) is 0 Å². The molecule has 0 aromatic carbocycles. The van der Waals surface area contributed by atoms with Crippen LogP contribution < -0.4 is 5.73 Å². The third kappa shape index (κ3) is 1.70. The van der Waals surface area contributed by atoms with Gasteiger partial charge in [-0.25, -0.2) is 0 Å². The van der Waals surface area contributed by atoms with Gasteiger partial charge in [0.05, 0.1) is 6.10 Å². The second-order valence-electron chi connectivity index (χ2n) is 3.05. The average molecular weight is 143 g/mol. The van der Waals surface area contributed by atoms with Gasteiger partial charge in [-0.1, -0.05) is 12.8 Å². The van der Waals surface area contributed by atoms with Crippen LogP contribution in [0.1, 0.15) is 25.7 Å².